The second-order valence-electron chi connectivity index (χ2n) is 3.87. The summed E-state index contributed by atoms with van der Waals surface area (Å²) in [6.07, 6.45) is 0.0775. The molecule has 1 N–H and O–H groups in total. The first-order chi connectivity index (χ1) is 8.54. The van der Waals surface area contributed by atoms with Crippen LogP contribution >= 0.6 is 11.3 Å². The maximum Gasteiger partial charge on any atom is 0.264 e. The summed E-state index contributed by atoms with van der Waals surface area (Å²) >= 11 is 1.51. The molecule has 0 fully saturated rings. The van der Waals surface area contributed by atoms with Gasteiger partial charge in [-0.1, -0.05) is 0 Å². The molecule has 1 aromatic rings. The van der Waals surface area contributed by atoms with Gasteiger partial charge in [0.1, 0.15) is 6.61 Å². The molecule has 1 unspecified atom stereocenters. The number of rotatable bonds is 6. The lowest BCUT2D eigenvalue weighted by Crippen LogP contribution is -2.33. The largest absolute Gasteiger partial charge is 0.485 e. The first-order valence-corrected chi connectivity index (χ1v) is 7.98. The van der Waals surface area contributed by atoms with Crippen molar-refractivity contribution in [3.8, 4) is 11.5 Å². The number of thiophene rings is 1. The molecule has 8 heteroatoms. The number of fused-ring (bicyclic) bond motifs is 1. The minimum absolute atomic E-state index is 0.183. The van der Waals surface area contributed by atoms with Crippen LogP contribution in [0.15, 0.2) is 10.8 Å². The molecule has 18 heavy (non-hydrogen) atoms. The van der Waals surface area contributed by atoms with E-state index in [9.17, 15) is 8.42 Å². The highest BCUT2D eigenvalue weighted by Gasteiger charge is 2.21. The highest BCUT2D eigenvalue weighted by Crippen LogP contribution is 2.35. The maximum absolute atomic E-state index is 10.5. The molecule has 0 amide bonds. The van der Waals surface area contributed by atoms with Crippen molar-refractivity contribution in [3.05, 3.63) is 10.8 Å². The first kappa shape index (κ1) is 13.6. The molecule has 0 radical (unpaired) electrons. The second kappa shape index (κ2) is 5.87. The van der Waals surface area contributed by atoms with Gasteiger partial charge in [-0.3, -0.25) is 4.55 Å². The van der Waals surface area contributed by atoms with Crippen molar-refractivity contribution in [3.63, 3.8) is 0 Å². The van der Waals surface area contributed by atoms with Gasteiger partial charge >= 0.3 is 0 Å². The Morgan fingerprint density at radius 1 is 1.44 bits per heavy atom. The van der Waals surface area contributed by atoms with Crippen LogP contribution in [0.25, 0.3) is 0 Å². The Kier molecular flexibility index (Phi) is 4.44. The van der Waals surface area contributed by atoms with Crippen molar-refractivity contribution in [2.45, 2.75) is 12.5 Å². The van der Waals surface area contributed by atoms with Crippen LogP contribution in [0.3, 0.4) is 0 Å². The summed E-state index contributed by atoms with van der Waals surface area (Å²) in [5.74, 6) is 1.18. The fourth-order valence-electron chi connectivity index (χ4n) is 1.50. The smallest absolute Gasteiger partial charge is 0.264 e. The molecule has 0 saturated heterocycles. The molecule has 0 aromatic carbocycles. The lowest BCUT2D eigenvalue weighted by Gasteiger charge is -2.24. The normalized spacial score (nSPS) is 18.8. The van der Waals surface area contributed by atoms with Crippen LogP contribution in [-0.4, -0.2) is 44.6 Å². The highest BCUT2D eigenvalue weighted by atomic mass is 32.2. The van der Waals surface area contributed by atoms with E-state index in [1.807, 2.05) is 10.8 Å². The van der Waals surface area contributed by atoms with Gasteiger partial charge < -0.3 is 14.2 Å². The molecular weight excluding hydrogens is 280 g/mol. The summed E-state index contributed by atoms with van der Waals surface area (Å²) in [4.78, 5) is 0. The van der Waals surface area contributed by atoms with Crippen LogP contribution in [0.2, 0.25) is 0 Å². The first-order valence-electron chi connectivity index (χ1n) is 5.43. The fraction of sp³-hybridized carbons (Fsp3) is 0.600. The van der Waals surface area contributed by atoms with Crippen LogP contribution < -0.4 is 9.47 Å². The van der Waals surface area contributed by atoms with Crippen LogP contribution in [0, 0.1) is 0 Å². The van der Waals surface area contributed by atoms with Gasteiger partial charge in [0.25, 0.3) is 10.1 Å². The van der Waals surface area contributed by atoms with Gasteiger partial charge in [0.05, 0.1) is 12.4 Å². The summed E-state index contributed by atoms with van der Waals surface area (Å²) in [5.41, 5.74) is 0. The average Bonchev–Trinajstić information content (AvgIpc) is 2.74. The van der Waals surface area contributed by atoms with Gasteiger partial charge in [-0.05, 0) is 6.42 Å². The van der Waals surface area contributed by atoms with E-state index in [2.05, 4.69) is 0 Å². The Hall–Kier alpha value is -0.830. The summed E-state index contributed by atoms with van der Waals surface area (Å²) < 4.78 is 45.8. The van der Waals surface area contributed by atoms with Crippen molar-refractivity contribution in [1.82, 2.24) is 0 Å². The average molecular weight is 294 g/mol. The molecule has 1 atom stereocenters. The van der Waals surface area contributed by atoms with Gasteiger partial charge in [0.2, 0.25) is 0 Å². The van der Waals surface area contributed by atoms with E-state index in [0.29, 0.717) is 13.2 Å². The Balaban J connectivity index is 1.64. The summed E-state index contributed by atoms with van der Waals surface area (Å²) in [6, 6.07) is 0. The van der Waals surface area contributed by atoms with Crippen molar-refractivity contribution in [2.75, 3.05) is 25.6 Å². The molecule has 0 saturated carbocycles. The summed E-state index contributed by atoms with van der Waals surface area (Å²) in [7, 11) is -3.90. The van der Waals surface area contributed by atoms with Gasteiger partial charge in [0, 0.05) is 17.4 Å². The van der Waals surface area contributed by atoms with Gasteiger partial charge in [0.15, 0.2) is 17.6 Å². The van der Waals surface area contributed by atoms with Crippen molar-refractivity contribution in [2.24, 2.45) is 0 Å². The molecule has 0 bridgehead atoms. The van der Waals surface area contributed by atoms with E-state index in [-0.39, 0.29) is 24.9 Å². The third-order valence-electron chi connectivity index (χ3n) is 2.31. The van der Waals surface area contributed by atoms with Crippen LogP contribution in [0.1, 0.15) is 6.42 Å². The van der Waals surface area contributed by atoms with Crippen molar-refractivity contribution < 1.29 is 27.2 Å². The topological polar surface area (TPSA) is 82.1 Å². The van der Waals surface area contributed by atoms with Crippen molar-refractivity contribution in [1.29, 1.82) is 0 Å². The molecule has 2 rings (SSSR count). The molecule has 6 nitrogen and oxygen atoms in total. The minimum atomic E-state index is -3.90. The Morgan fingerprint density at radius 3 is 3.00 bits per heavy atom. The molecule has 1 aromatic heterocycles. The quantitative estimate of drug-likeness (QED) is 0.627. The zero-order valence-corrected chi connectivity index (χ0v) is 11.2. The SMILES string of the molecule is O=S(=O)(O)CCCOCC1COc2cscc2O1. The monoisotopic (exact) mass is 294 g/mol. The second-order valence-corrected chi connectivity index (χ2v) is 6.18. The Labute approximate surface area is 109 Å². The predicted octanol–water partition coefficient (Wildman–Crippen LogP) is 1.18. The number of ether oxygens (including phenoxy) is 3. The number of hydrogen-bond acceptors (Lipinski definition) is 6. The molecular formula is C10H14O6S2. The highest BCUT2D eigenvalue weighted by molar-refractivity contribution is 7.85. The molecule has 0 spiro atoms. The van der Waals surface area contributed by atoms with Crippen LogP contribution in [-0.2, 0) is 14.9 Å². The van der Waals surface area contributed by atoms with Crippen molar-refractivity contribution >= 4 is 21.5 Å². The summed E-state index contributed by atoms with van der Waals surface area (Å²) in [5, 5.41) is 3.73. The van der Waals surface area contributed by atoms with Crippen LogP contribution in [0.4, 0.5) is 0 Å². The molecule has 102 valence electrons. The zero-order valence-electron chi connectivity index (χ0n) is 9.57. The van der Waals surface area contributed by atoms with E-state index >= 15 is 0 Å². The predicted molar refractivity (Wildman–Crippen MR) is 66.1 cm³/mol. The van der Waals surface area contributed by atoms with E-state index < -0.39 is 10.1 Å². The lowest BCUT2D eigenvalue weighted by molar-refractivity contribution is 0.00976. The van der Waals surface area contributed by atoms with Crippen LogP contribution in [0.5, 0.6) is 11.5 Å². The molecule has 1 aliphatic rings. The fourth-order valence-corrected chi connectivity index (χ4v) is 2.66. The third-order valence-corrected chi connectivity index (χ3v) is 3.81. The van der Waals surface area contributed by atoms with E-state index in [4.69, 9.17) is 18.8 Å². The van der Waals surface area contributed by atoms with E-state index in [1.165, 1.54) is 11.3 Å². The Morgan fingerprint density at radius 2 is 2.22 bits per heavy atom. The summed E-state index contributed by atoms with van der Waals surface area (Å²) in [6.45, 7) is 1.01. The van der Waals surface area contributed by atoms with Gasteiger partial charge in [-0.15, -0.1) is 11.3 Å². The number of hydrogen-bond donors (Lipinski definition) is 1. The lowest BCUT2D eigenvalue weighted by atomic mass is 10.3. The van der Waals surface area contributed by atoms with E-state index in [0.717, 1.165) is 11.5 Å². The Bertz CT molecular complexity index is 480. The maximum atomic E-state index is 10.5. The molecule has 1 aliphatic heterocycles. The van der Waals surface area contributed by atoms with Gasteiger partial charge in [-0.2, -0.15) is 8.42 Å². The van der Waals surface area contributed by atoms with Gasteiger partial charge in [-0.25, -0.2) is 0 Å². The standard InChI is InChI=1S/C10H14O6S2/c11-18(12,13)3-1-2-14-4-8-5-15-9-6-17-7-10(9)16-8/h6-8H,1-5H2,(H,11,12,13). The zero-order chi connectivity index (χ0) is 13.0. The third kappa shape index (κ3) is 4.13. The minimum Gasteiger partial charge on any atom is -0.485 e. The molecule has 2 heterocycles. The molecule has 0 aliphatic carbocycles. The van der Waals surface area contributed by atoms with E-state index in [1.54, 1.807) is 0 Å².